The molecule has 6 heteroatoms. The van der Waals surface area contributed by atoms with Crippen molar-refractivity contribution in [3.63, 3.8) is 0 Å². The summed E-state index contributed by atoms with van der Waals surface area (Å²) in [6.45, 7) is 0. The van der Waals surface area contributed by atoms with Gasteiger partial charge in [0.2, 0.25) is 5.88 Å². The lowest BCUT2D eigenvalue weighted by Crippen LogP contribution is -2.07. The fraction of sp³-hybridized carbons (Fsp3) is 0.231. The Morgan fingerprint density at radius 2 is 1.79 bits per heavy atom. The molecule has 0 amide bonds. The molecule has 0 radical (unpaired) electrons. The van der Waals surface area contributed by atoms with Crippen LogP contribution >= 0.6 is 11.6 Å². The molecule has 0 aliphatic rings. The van der Waals surface area contributed by atoms with Gasteiger partial charge in [-0.15, -0.1) is 0 Å². The highest BCUT2D eigenvalue weighted by Crippen LogP contribution is 2.34. The van der Waals surface area contributed by atoms with Crippen molar-refractivity contribution >= 4 is 11.6 Å². The molecule has 0 fully saturated rings. The van der Waals surface area contributed by atoms with Crippen LogP contribution in [0.4, 0.5) is 0 Å². The molecule has 5 nitrogen and oxygen atoms in total. The number of nitrogens with zero attached hydrogens (tertiary/aromatic N) is 2. The minimum absolute atomic E-state index is 0.0888. The van der Waals surface area contributed by atoms with E-state index in [0.29, 0.717) is 11.1 Å². The van der Waals surface area contributed by atoms with E-state index in [2.05, 4.69) is 9.97 Å². The van der Waals surface area contributed by atoms with Crippen LogP contribution in [-0.2, 0) is 0 Å². The van der Waals surface area contributed by atoms with Crippen LogP contribution in [0.1, 0.15) is 17.2 Å². The van der Waals surface area contributed by atoms with Crippen molar-refractivity contribution in [2.75, 3.05) is 14.2 Å². The van der Waals surface area contributed by atoms with Crippen LogP contribution < -0.4 is 9.47 Å². The number of aliphatic hydroxyl groups is 1. The van der Waals surface area contributed by atoms with Gasteiger partial charge >= 0.3 is 6.01 Å². The Morgan fingerprint density at radius 3 is 2.37 bits per heavy atom. The van der Waals surface area contributed by atoms with Crippen molar-refractivity contribution in [3.8, 4) is 11.9 Å². The average molecular weight is 281 g/mol. The van der Waals surface area contributed by atoms with Gasteiger partial charge in [-0.25, -0.2) is 0 Å². The summed E-state index contributed by atoms with van der Waals surface area (Å²) in [6.07, 6.45) is -0.963. The summed E-state index contributed by atoms with van der Waals surface area (Å²) in [6, 6.07) is 9.16. The van der Waals surface area contributed by atoms with Gasteiger partial charge in [-0.05, 0) is 5.56 Å². The second-order valence-corrected chi connectivity index (χ2v) is 4.10. The van der Waals surface area contributed by atoms with E-state index in [1.807, 2.05) is 18.2 Å². The Balaban J connectivity index is 2.50. The van der Waals surface area contributed by atoms with Crippen LogP contribution in [0, 0.1) is 0 Å². The van der Waals surface area contributed by atoms with Crippen LogP contribution in [0.3, 0.4) is 0 Å². The molecule has 0 aliphatic carbocycles. The smallest absolute Gasteiger partial charge is 0.320 e. The van der Waals surface area contributed by atoms with E-state index in [9.17, 15) is 5.11 Å². The lowest BCUT2D eigenvalue weighted by molar-refractivity contribution is 0.211. The third-order valence-electron chi connectivity index (χ3n) is 2.61. The molecule has 1 N–H and O–H groups in total. The van der Waals surface area contributed by atoms with Crippen molar-refractivity contribution in [2.24, 2.45) is 0 Å². The van der Waals surface area contributed by atoms with Gasteiger partial charge in [-0.2, -0.15) is 9.97 Å². The Morgan fingerprint density at radius 1 is 1.11 bits per heavy atom. The topological polar surface area (TPSA) is 64.5 Å². The summed E-state index contributed by atoms with van der Waals surface area (Å²) in [5, 5.41) is 10.5. The molecule has 0 aliphatic heterocycles. The van der Waals surface area contributed by atoms with Crippen LogP contribution in [0.2, 0.25) is 5.15 Å². The standard InChI is InChI=1S/C13H13ClN2O3/c1-18-12-9(11(14)15-13(16-12)19-2)10(17)8-6-4-3-5-7-8/h3-7,10,17H,1-2H3. The van der Waals surface area contributed by atoms with Gasteiger partial charge in [-0.3, -0.25) is 0 Å². The third kappa shape index (κ3) is 2.77. The monoisotopic (exact) mass is 280 g/mol. The molecule has 2 aromatic rings. The fourth-order valence-corrected chi connectivity index (χ4v) is 1.94. The molecule has 0 bridgehead atoms. The summed E-state index contributed by atoms with van der Waals surface area (Å²) < 4.78 is 10.0. The van der Waals surface area contributed by atoms with E-state index < -0.39 is 6.10 Å². The molecule has 0 spiro atoms. The summed E-state index contributed by atoms with van der Waals surface area (Å²) in [7, 11) is 2.87. The molecule has 1 aromatic heterocycles. The van der Waals surface area contributed by atoms with E-state index in [-0.39, 0.29) is 17.0 Å². The number of methoxy groups -OCH3 is 2. The predicted molar refractivity (Wildman–Crippen MR) is 70.6 cm³/mol. The summed E-state index contributed by atoms with van der Waals surface area (Å²) in [5.41, 5.74) is 0.993. The highest BCUT2D eigenvalue weighted by Gasteiger charge is 2.22. The molecule has 0 saturated heterocycles. The van der Waals surface area contributed by atoms with Crippen LogP contribution in [-0.4, -0.2) is 29.3 Å². The Labute approximate surface area is 115 Å². The van der Waals surface area contributed by atoms with Gasteiger partial charge in [0.25, 0.3) is 0 Å². The Bertz CT molecular complexity index is 563. The molecule has 1 atom stereocenters. The van der Waals surface area contributed by atoms with Crippen molar-refractivity contribution in [1.82, 2.24) is 9.97 Å². The number of aromatic nitrogens is 2. The Kier molecular flexibility index (Phi) is 4.19. The first kappa shape index (κ1) is 13.6. The zero-order valence-corrected chi connectivity index (χ0v) is 11.3. The normalized spacial score (nSPS) is 12.0. The van der Waals surface area contributed by atoms with E-state index in [1.165, 1.54) is 14.2 Å². The van der Waals surface area contributed by atoms with E-state index in [1.54, 1.807) is 12.1 Å². The maximum atomic E-state index is 10.4. The number of hydrogen-bond donors (Lipinski definition) is 1. The number of rotatable bonds is 4. The van der Waals surface area contributed by atoms with Gasteiger partial charge in [0.1, 0.15) is 11.3 Å². The average Bonchev–Trinajstić information content (AvgIpc) is 2.46. The number of aliphatic hydroxyl groups excluding tert-OH is 1. The van der Waals surface area contributed by atoms with Gasteiger partial charge in [0, 0.05) is 0 Å². The first-order valence-electron chi connectivity index (χ1n) is 5.55. The van der Waals surface area contributed by atoms with Gasteiger partial charge in [0.05, 0.1) is 19.8 Å². The molecular weight excluding hydrogens is 268 g/mol. The van der Waals surface area contributed by atoms with Crippen LogP contribution in [0.15, 0.2) is 30.3 Å². The van der Waals surface area contributed by atoms with E-state index in [4.69, 9.17) is 21.1 Å². The minimum Gasteiger partial charge on any atom is -0.481 e. The molecule has 2 rings (SSSR count). The van der Waals surface area contributed by atoms with Crippen LogP contribution in [0.25, 0.3) is 0 Å². The number of hydrogen-bond acceptors (Lipinski definition) is 5. The third-order valence-corrected chi connectivity index (χ3v) is 2.90. The van der Waals surface area contributed by atoms with Crippen molar-refractivity contribution in [2.45, 2.75) is 6.10 Å². The molecular formula is C13H13ClN2O3. The number of ether oxygens (including phenoxy) is 2. The van der Waals surface area contributed by atoms with Gasteiger partial charge < -0.3 is 14.6 Å². The zero-order chi connectivity index (χ0) is 13.8. The first-order chi connectivity index (χ1) is 9.17. The molecule has 1 unspecified atom stereocenters. The zero-order valence-electron chi connectivity index (χ0n) is 10.5. The SMILES string of the molecule is COc1nc(Cl)c(C(O)c2ccccc2)c(OC)n1. The number of benzene rings is 1. The quantitative estimate of drug-likeness (QED) is 0.870. The highest BCUT2D eigenvalue weighted by atomic mass is 35.5. The van der Waals surface area contributed by atoms with Crippen LogP contribution in [0.5, 0.6) is 11.9 Å². The number of halogens is 1. The van der Waals surface area contributed by atoms with Gasteiger partial charge in [0.15, 0.2) is 0 Å². The fourth-order valence-electron chi connectivity index (χ4n) is 1.68. The summed E-state index contributed by atoms with van der Waals surface area (Å²) in [5.74, 6) is 0.188. The summed E-state index contributed by atoms with van der Waals surface area (Å²) in [4.78, 5) is 7.96. The summed E-state index contributed by atoms with van der Waals surface area (Å²) >= 11 is 6.07. The second kappa shape index (κ2) is 5.86. The molecule has 1 heterocycles. The maximum Gasteiger partial charge on any atom is 0.320 e. The highest BCUT2D eigenvalue weighted by molar-refractivity contribution is 6.30. The van der Waals surface area contributed by atoms with E-state index >= 15 is 0 Å². The largest absolute Gasteiger partial charge is 0.481 e. The minimum atomic E-state index is -0.963. The lowest BCUT2D eigenvalue weighted by Gasteiger charge is -2.15. The molecule has 100 valence electrons. The molecule has 1 aromatic carbocycles. The van der Waals surface area contributed by atoms with Crippen molar-refractivity contribution < 1.29 is 14.6 Å². The Hall–Kier alpha value is -1.85. The van der Waals surface area contributed by atoms with E-state index in [0.717, 1.165) is 0 Å². The predicted octanol–water partition coefficient (Wildman–Crippen LogP) is 2.23. The van der Waals surface area contributed by atoms with Crippen molar-refractivity contribution in [1.29, 1.82) is 0 Å². The second-order valence-electron chi connectivity index (χ2n) is 3.74. The molecule has 0 saturated carbocycles. The molecule has 19 heavy (non-hydrogen) atoms. The first-order valence-corrected chi connectivity index (χ1v) is 5.93. The maximum absolute atomic E-state index is 10.4. The lowest BCUT2D eigenvalue weighted by atomic mass is 10.0. The van der Waals surface area contributed by atoms with Gasteiger partial charge in [-0.1, -0.05) is 41.9 Å². The van der Waals surface area contributed by atoms with Crippen molar-refractivity contribution in [3.05, 3.63) is 46.6 Å².